The topological polar surface area (TPSA) is 53.2 Å². The van der Waals surface area contributed by atoms with Gasteiger partial charge in [0, 0.05) is 12.6 Å². The molecule has 23 heavy (non-hydrogen) atoms. The number of hydrogen-bond donors (Lipinski definition) is 0. The van der Waals surface area contributed by atoms with Crippen LogP contribution in [0.4, 0.5) is 4.39 Å². The Kier molecular flexibility index (Phi) is 4.42. The minimum atomic E-state index is -0.498. The summed E-state index contributed by atoms with van der Waals surface area (Å²) < 4.78 is 22.3. The van der Waals surface area contributed by atoms with Crippen molar-refractivity contribution in [3.05, 3.63) is 43.3 Å². The molecule has 0 N–H and O–H groups in total. The van der Waals surface area contributed by atoms with Crippen LogP contribution in [0.3, 0.4) is 0 Å². The summed E-state index contributed by atoms with van der Waals surface area (Å²) in [6.45, 7) is 4.56. The molecule has 3 rings (SSSR count). The van der Waals surface area contributed by atoms with Gasteiger partial charge in [0.2, 0.25) is 0 Å². The summed E-state index contributed by atoms with van der Waals surface area (Å²) in [5.74, 6) is -0.498. The highest BCUT2D eigenvalue weighted by Gasteiger charge is 2.22. The second-order valence-electron chi connectivity index (χ2n) is 6.08. The van der Waals surface area contributed by atoms with E-state index in [0.717, 1.165) is 12.8 Å². The Bertz CT molecular complexity index is 866. The van der Waals surface area contributed by atoms with Gasteiger partial charge in [0.1, 0.15) is 5.82 Å². The highest BCUT2D eigenvalue weighted by atomic mass is 79.9. The van der Waals surface area contributed by atoms with Crippen LogP contribution < -0.4 is 11.2 Å². The molecule has 1 aromatic carbocycles. The van der Waals surface area contributed by atoms with Crippen LogP contribution in [-0.4, -0.2) is 21.8 Å². The predicted molar refractivity (Wildman–Crippen MR) is 89.5 cm³/mol. The van der Waals surface area contributed by atoms with E-state index in [-0.39, 0.29) is 23.2 Å². The number of ether oxygens (including phenoxy) is 1. The van der Waals surface area contributed by atoms with Crippen LogP contribution in [0.25, 0.3) is 10.9 Å². The normalized spacial score (nSPS) is 18.2. The zero-order valence-corrected chi connectivity index (χ0v) is 14.6. The van der Waals surface area contributed by atoms with Crippen LogP contribution >= 0.6 is 15.9 Å². The predicted octanol–water partition coefficient (Wildman–Crippen LogP) is 2.82. The molecule has 0 aliphatic carbocycles. The highest BCUT2D eigenvalue weighted by molar-refractivity contribution is 9.10. The maximum absolute atomic E-state index is 13.9. The number of fused-ring (bicyclic) bond motifs is 1. The molecular formula is C16H18BrFN2O3. The third-order valence-corrected chi connectivity index (χ3v) is 4.74. The molecule has 124 valence electrons. The molecule has 1 aliphatic rings. The van der Waals surface area contributed by atoms with E-state index >= 15 is 0 Å². The van der Waals surface area contributed by atoms with Crippen LogP contribution in [0.2, 0.25) is 0 Å². The van der Waals surface area contributed by atoms with Gasteiger partial charge >= 0.3 is 5.69 Å². The smallest absolute Gasteiger partial charge is 0.331 e. The summed E-state index contributed by atoms with van der Waals surface area (Å²) in [7, 11) is 0. The maximum atomic E-state index is 13.9. The first kappa shape index (κ1) is 16.4. The third-order valence-electron chi connectivity index (χ3n) is 4.14. The van der Waals surface area contributed by atoms with Gasteiger partial charge in [-0.25, -0.2) is 9.18 Å². The summed E-state index contributed by atoms with van der Waals surface area (Å²) >= 11 is 3.11. The lowest BCUT2D eigenvalue weighted by molar-refractivity contribution is 0.0947. The van der Waals surface area contributed by atoms with Crippen molar-refractivity contribution in [3.63, 3.8) is 0 Å². The lowest BCUT2D eigenvalue weighted by Gasteiger charge is -2.18. The summed E-state index contributed by atoms with van der Waals surface area (Å²) in [6, 6.07) is 2.48. The van der Waals surface area contributed by atoms with Crippen LogP contribution in [0.5, 0.6) is 0 Å². The molecule has 0 radical (unpaired) electrons. The second kappa shape index (κ2) is 6.20. The SMILES string of the molecule is CC(C)n1c(=O)n(C[C@@H]2CCCO2)c(=O)c2cc(Br)c(F)cc21. The first-order chi connectivity index (χ1) is 10.9. The van der Waals surface area contributed by atoms with E-state index in [1.165, 1.54) is 21.3 Å². The van der Waals surface area contributed by atoms with Crippen LogP contribution in [0.1, 0.15) is 32.7 Å². The number of benzene rings is 1. The molecule has 0 amide bonds. The van der Waals surface area contributed by atoms with E-state index in [0.29, 0.717) is 17.5 Å². The Morgan fingerprint density at radius 3 is 2.74 bits per heavy atom. The third kappa shape index (κ3) is 2.87. The van der Waals surface area contributed by atoms with E-state index < -0.39 is 17.1 Å². The van der Waals surface area contributed by atoms with Crippen molar-refractivity contribution in [2.45, 2.75) is 45.4 Å². The highest BCUT2D eigenvalue weighted by Crippen LogP contribution is 2.22. The van der Waals surface area contributed by atoms with Crippen LogP contribution in [0.15, 0.2) is 26.2 Å². The molecule has 0 bridgehead atoms. The average molecular weight is 385 g/mol. The molecule has 1 aromatic heterocycles. The van der Waals surface area contributed by atoms with E-state index in [4.69, 9.17) is 4.74 Å². The van der Waals surface area contributed by atoms with Gasteiger partial charge in [-0.3, -0.25) is 13.9 Å². The molecule has 2 heterocycles. The molecule has 2 aromatic rings. The Labute approximate surface area is 140 Å². The lowest BCUT2D eigenvalue weighted by atomic mass is 10.2. The summed E-state index contributed by atoms with van der Waals surface area (Å²) in [4.78, 5) is 25.5. The zero-order chi connectivity index (χ0) is 16.7. The molecule has 0 saturated carbocycles. The molecule has 5 nitrogen and oxygen atoms in total. The molecule has 7 heteroatoms. The Morgan fingerprint density at radius 1 is 1.39 bits per heavy atom. The fourth-order valence-corrected chi connectivity index (χ4v) is 3.37. The number of rotatable bonds is 3. The average Bonchev–Trinajstić information content (AvgIpc) is 2.99. The molecule has 1 saturated heterocycles. The van der Waals surface area contributed by atoms with Gasteiger partial charge in [-0.05, 0) is 54.8 Å². The minimum absolute atomic E-state index is 0.123. The van der Waals surface area contributed by atoms with Gasteiger partial charge in [-0.15, -0.1) is 0 Å². The standard InChI is InChI=1S/C16H18BrFN2O3/c1-9(2)20-14-7-13(18)12(17)6-11(14)15(21)19(16(20)22)8-10-4-3-5-23-10/h6-7,9-10H,3-5,8H2,1-2H3/t10-/m0/s1. The largest absolute Gasteiger partial charge is 0.376 e. The Hall–Kier alpha value is -1.47. The van der Waals surface area contributed by atoms with E-state index in [2.05, 4.69) is 15.9 Å². The van der Waals surface area contributed by atoms with E-state index in [1.54, 1.807) is 0 Å². The maximum Gasteiger partial charge on any atom is 0.331 e. The van der Waals surface area contributed by atoms with Gasteiger partial charge in [-0.1, -0.05) is 0 Å². The molecule has 1 atom stereocenters. The molecule has 1 aliphatic heterocycles. The van der Waals surface area contributed by atoms with Gasteiger partial charge in [0.25, 0.3) is 5.56 Å². The van der Waals surface area contributed by atoms with Crippen molar-refractivity contribution in [1.82, 2.24) is 9.13 Å². The first-order valence-electron chi connectivity index (χ1n) is 7.66. The zero-order valence-electron chi connectivity index (χ0n) is 13.0. The summed E-state index contributed by atoms with van der Waals surface area (Å²) in [6.07, 6.45) is 1.64. The quantitative estimate of drug-likeness (QED) is 0.817. The number of nitrogens with zero attached hydrogens (tertiary/aromatic N) is 2. The van der Waals surface area contributed by atoms with Gasteiger partial charge in [0.15, 0.2) is 0 Å². The van der Waals surface area contributed by atoms with Gasteiger partial charge in [-0.2, -0.15) is 0 Å². The van der Waals surface area contributed by atoms with Crippen LogP contribution in [-0.2, 0) is 11.3 Å². The second-order valence-corrected chi connectivity index (χ2v) is 6.93. The Balaban J connectivity index is 2.30. The van der Waals surface area contributed by atoms with Crippen molar-refractivity contribution in [1.29, 1.82) is 0 Å². The van der Waals surface area contributed by atoms with Gasteiger partial charge < -0.3 is 4.74 Å². The molecule has 0 unspecified atom stereocenters. The number of aromatic nitrogens is 2. The summed E-state index contributed by atoms with van der Waals surface area (Å²) in [5.41, 5.74) is -0.507. The minimum Gasteiger partial charge on any atom is -0.376 e. The molecule has 1 fully saturated rings. The van der Waals surface area contributed by atoms with E-state index in [9.17, 15) is 14.0 Å². The monoisotopic (exact) mass is 384 g/mol. The van der Waals surface area contributed by atoms with Crippen molar-refractivity contribution < 1.29 is 9.13 Å². The molecule has 0 spiro atoms. The van der Waals surface area contributed by atoms with Crippen molar-refractivity contribution in [2.75, 3.05) is 6.61 Å². The van der Waals surface area contributed by atoms with E-state index in [1.807, 2.05) is 13.8 Å². The summed E-state index contributed by atoms with van der Waals surface area (Å²) in [5, 5.41) is 0.324. The number of halogens is 2. The fraction of sp³-hybridized carbons (Fsp3) is 0.500. The molecular weight excluding hydrogens is 367 g/mol. The Morgan fingerprint density at radius 2 is 2.13 bits per heavy atom. The number of hydrogen-bond acceptors (Lipinski definition) is 3. The van der Waals surface area contributed by atoms with Crippen LogP contribution in [0, 0.1) is 5.82 Å². The van der Waals surface area contributed by atoms with Crippen molar-refractivity contribution in [3.8, 4) is 0 Å². The lowest BCUT2D eigenvalue weighted by Crippen LogP contribution is -2.43. The van der Waals surface area contributed by atoms with Crippen molar-refractivity contribution in [2.24, 2.45) is 0 Å². The van der Waals surface area contributed by atoms with Gasteiger partial charge in [0.05, 0.1) is 28.0 Å². The van der Waals surface area contributed by atoms with Crippen molar-refractivity contribution >= 4 is 26.8 Å². The fourth-order valence-electron chi connectivity index (χ4n) is 3.02. The first-order valence-corrected chi connectivity index (χ1v) is 8.45.